The van der Waals surface area contributed by atoms with Crippen LogP contribution in [0.3, 0.4) is 0 Å². The maximum Gasteiger partial charge on any atom is -0.0114 e. The fraction of sp³-hybridized carbons (Fsp3) is 0.882. The molecule has 0 radical (unpaired) electrons. The maximum atomic E-state index is 2.54. The topological polar surface area (TPSA) is 0 Å². The van der Waals surface area contributed by atoms with Crippen LogP contribution in [0, 0.1) is 5.41 Å². The SMILES string of the molecule is CCCCC(=C1CCCCCC1)C1(C)CCC1. The number of hydrogen-bond donors (Lipinski definition) is 0. The molecule has 0 aromatic carbocycles. The molecule has 2 rings (SSSR count). The van der Waals surface area contributed by atoms with Crippen LogP contribution in [0.5, 0.6) is 0 Å². The van der Waals surface area contributed by atoms with E-state index >= 15 is 0 Å². The molecule has 0 aromatic rings. The summed E-state index contributed by atoms with van der Waals surface area (Å²) in [6.45, 7) is 4.87. The van der Waals surface area contributed by atoms with Crippen molar-refractivity contribution in [1.82, 2.24) is 0 Å². The van der Waals surface area contributed by atoms with E-state index in [9.17, 15) is 0 Å². The molecule has 0 aliphatic heterocycles. The Morgan fingerprint density at radius 1 is 1.00 bits per heavy atom. The molecule has 0 bridgehead atoms. The molecule has 0 amide bonds. The zero-order chi connectivity index (χ0) is 12.1. The summed E-state index contributed by atoms with van der Waals surface area (Å²) < 4.78 is 0. The molecule has 2 fully saturated rings. The molecular formula is C17H30. The first-order chi connectivity index (χ1) is 8.26. The van der Waals surface area contributed by atoms with E-state index in [2.05, 4.69) is 13.8 Å². The lowest BCUT2D eigenvalue weighted by molar-refractivity contribution is 0.204. The van der Waals surface area contributed by atoms with Gasteiger partial charge in [-0.2, -0.15) is 0 Å². The molecular weight excluding hydrogens is 204 g/mol. The third-order valence-electron chi connectivity index (χ3n) is 5.10. The van der Waals surface area contributed by atoms with Crippen molar-refractivity contribution in [2.24, 2.45) is 5.41 Å². The van der Waals surface area contributed by atoms with Gasteiger partial charge in [0, 0.05) is 0 Å². The van der Waals surface area contributed by atoms with Gasteiger partial charge in [-0.3, -0.25) is 0 Å². The first kappa shape index (κ1) is 13.2. The Morgan fingerprint density at radius 3 is 2.12 bits per heavy atom. The number of allylic oxidation sites excluding steroid dienone is 2. The van der Waals surface area contributed by atoms with Crippen molar-refractivity contribution >= 4 is 0 Å². The van der Waals surface area contributed by atoms with Crippen molar-refractivity contribution in [1.29, 1.82) is 0 Å². The largest absolute Gasteiger partial charge is 0.0705 e. The summed E-state index contributed by atoms with van der Waals surface area (Å²) in [5.41, 5.74) is 4.42. The van der Waals surface area contributed by atoms with Crippen LogP contribution in [0.15, 0.2) is 11.1 Å². The monoisotopic (exact) mass is 234 g/mol. The van der Waals surface area contributed by atoms with Gasteiger partial charge >= 0.3 is 0 Å². The fourth-order valence-corrected chi connectivity index (χ4v) is 3.72. The molecule has 0 nitrogen and oxygen atoms in total. The lowest BCUT2D eigenvalue weighted by atomic mass is 9.63. The van der Waals surface area contributed by atoms with E-state index in [0.29, 0.717) is 5.41 Å². The second-order valence-electron chi connectivity index (χ2n) is 6.51. The predicted octanol–water partition coefficient (Wildman–Crippen LogP) is 6.02. The summed E-state index contributed by atoms with van der Waals surface area (Å²) in [6.07, 6.45) is 17.3. The van der Waals surface area contributed by atoms with Crippen molar-refractivity contribution < 1.29 is 0 Å². The molecule has 0 spiro atoms. The van der Waals surface area contributed by atoms with Crippen LogP contribution in [0.2, 0.25) is 0 Å². The summed E-state index contributed by atoms with van der Waals surface area (Å²) >= 11 is 0. The molecule has 0 unspecified atom stereocenters. The van der Waals surface area contributed by atoms with Gasteiger partial charge in [0.2, 0.25) is 0 Å². The number of unbranched alkanes of at least 4 members (excludes halogenated alkanes) is 1. The average molecular weight is 234 g/mol. The Balaban J connectivity index is 2.13. The highest BCUT2D eigenvalue weighted by molar-refractivity contribution is 5.24. The van der Waals surface area contributed by atoms with Gasteiger partial charge in [-0.1, -0.05) is 50.7 Å². The van der Waals surface area contributed by atoms with Crippen LogP contribution in [0.1, 0.15) is 90.9 Å². The fourth-order valence-electron chi connectivity index (χ4n) is 3.72. The lowest BCUT2D eigenvalue weighted by Crippen LogP contribution is -2.29. The van der Waals surface area contributed by atoms with E-state index in [1.54, 1.807) is 0 Å². The molecule has 98 valence electrons. The Kier molecular flexibility index (Phi) is 4.70. The predicted molar refractivity (Wildman–Crippen MR) is 76.2 cm³/mol. The highest BCUT2D eigenvalue weighted by atomic mass is 14.4. The second kappa shape index (κ2) is 6.07. The molecule has 0 saturated heterocycles. The quantitative estimate of drug-likeness (QED) is 0.412. The molecule has 0 heteroatoms. The Bertz CT molecular complexity index is 258. The minimum Gasteiger partial charge on any atom is -0.0705 e. The van der Waals surface area contributed by atoms with Crippen LogP contribution in [-0.4, -0.2) is 0 Å². The van der Waals surface area contributed by atoms with Crippen LogP contribution in [-0.2, 0) is 0 Å². The van der Waals surface area contributed by atoms with E-state index < -0.39 is 0 Å². The zero-order valence-electron chi connectivity index (χ0n) is 12.0. The van der Waals surface area contributed by atoms with E-state index in [1.165, 1.54) is 77.0 Å². The van der Waals surface area contributed by atoms with Crippen LogP contribution in [0.25, 0.3) is 0 Å². The van der Waals surface area contributed by atoms with E-state index in [-0.39, 0.29) is 0 Å². The molecule has 0 heterocycles. The standard InChI is InChI=1S/C17H30/c1-3-4-12-16(17(2)13-9-14-17)15-10-7-5-6-8-11-15/h3-14H2,1-2H3. The minimum atomic E-state index is 0.620. The Hall–Kier alpha value is -0.260. The maximum absolute atomic E-state index is 2.54. The highest BCUT2D eigenvalue weighted by Gasteiger charge is 2.36. The highest BCUT2D eigenvalue weighted by Crippen LogP contribution is 2.50. The molecule has 2 aliphatic carbocycles. The van der Waals surface area contributed by atoms with Crippen molar-refractivity contribution in [3.8, 4) is 0 Å². The van der Waals surface area contributed by atoms with Gasteiger partial charge in [0.25, 0.3) is 0 Å². The smallest absolute Gasteiger partial charge is 0.0114 e. The lowest BCUT2D eigenvalue weighted by Gasteiger charge is -2.42. The van der Waals surface area contributed by atoms with Gasteiger partial charge in [0.1, 0.15) is 0 Å². The molecule has 2 saturated carbocycles. The Labute approximate surface area is 108 Å². The van der Waals surface area contributed by atoms with Crippen molar-refractivity contribution in [3.63, 3.8) is 0 Å². The third kappa shape index (κ3) is 3.14. The van der Waals surface area contributed by atoms with Crippen molar-refractivity contribution in [3.05, 3.63) is 11.1 Å². The minimum absolute atomic E-state index is 0.620. The summed E-state index contributed by atoms with van der Waals surface area (Å²) in [6, 6.07) is 0. The van der Waals surface area contributed by atoms with Gasteiger partial charge in [-0.25, -0.2) is 0 Å². The first-order valence-electron chi connectivity index (χ1n) is 7.97. The zero-order valence-corrected chi connectivity index (χ0v) is 12.0. The van der Waals surface area contributed by atoms with E-state index in [1.807, 2.05) is 11.1 Å². The molecule has 2 aliphatic rings. The van der Waals surface area contributed by atoms with Gasteiger partial charge in [-0.05, 0) is 56.8 Å². The first-order valence-corrected chi connectivity index (χ1v) is 7.97. The third-order valence-corrected chi connectivity index (χ3v) is 5.10. The molecule has 0 N–H and O–H groups in total. The molecule has 0 atom stereocenters. The Morgan fingerprint density at radius 2 is 1.65 bits per heavy atom. The van der Waals surface area contributed by atoms with Crippen molar-refractivity contribution in [2.75, 3.05) is 0 Å². The van der Waals surface area contributed by atoms with Gasteiger partial charge in [-0.15, -0.1) is 0 Å². The number of hydrogen-bond acceptors (Lipinski definition) is 0. The van der Waals surface area contributed by atoms with Gasteiger partial charge < -0.3 is 0 Å². The summed E-state index contributed by atoms with van der Waals surface area (Å²) in [5.74, 6) is 0. The van der Waals surface area contributed by atoms with Crippen LogP contribution in [0.4, 0.5) is 0 Å². The van der Waals surface area contributed by atoms with E-state index in [4.69, 9.17) is 0 Å². The summed E-state index contributed by atoms with van der Waals surface area (Å²) in [5, 5.41) is 0. The molecule has 0 aromatic heterocycles. The van der Waals surface area contributed by atoms with Crippen LogP contribution < -0.4 is 0 Å². The van der Waals surface area contributed by atoms with Crippen LogP contribution >= 0.6 is 0 Å². The normalized spacial score (nSPS) is 24.0. The number of rotatable bonds is 4. The van der Waals surface area contributed by atoms with Crippen molar-refractivity contribution in [2.45, 2.75) is 90.9 Å². The molecule has 17 heavy (non-hydrogen) atoms. The summed E-state index contributed by atoms with van der Waals surface area (Å²) in [7, 11) is 0. The van der Waals surface area contributed by atoms with E-state index in [0.717, 1.165) is 0 Å². The van der Waals surface area contributed by atoms with Gasteiger partial charge in [0.05, 0.1) is 0 Å². The average Bonchev–Trinajstić information content (AvgIpc) is 2.56. The van der Waals surface area contributed by atoms with Gasteiger partial charge in [0.15, 0.2) is 0 Å². The second-order valence-corrected chi connectivity index (χ2v) is 6.51. The summed E-state index contributed by atoms with van der Waals surface area (Å²) in [4.78, 5) is 0.